The first kappa shape index (κ1) is 14.5. The lowest BCUT2D eigenvalue weighted by Gasteiger charge is -2.38. The van der Waals surface area contributed by atoms with E-state index in [9.17, 15) is 0 Å². The summed E-state index contributed by atoms with van der Waals surface area (Å²) < 4.78 is 6.56. The minimum Gasteiger partial charge on any atom is -0.370 e. The highest BCUT2D eigenvalue weighted by molar-refractivity contribution is 4.97. The van der Waals surface area contributed by atoms with Crippen LogP contribution in [0.15, 0.2) is 0 Å². The van der Waals surface area contributed by atoms with Crippen LogP contribution in [0.2, 0.25) is 0 Å². The largest absolute Gasteiger partial charge is 0.370 e. The van der Waals surface area contributed by atoms with Gasteiger partial charge in [0.1, 0.15) is 0 Å². The molecule has 3 unspecified atom stereocenters. The number of nitrogens with zero attached hydrogens (tertiary/aromatic N) is 1. The second-order valence-corrected chi connectivity index (χ2v) is 8.22. The Kier molecular flexibility index (Phi) is 4.01. The number of rotatable bonds is 3. The molecule has 0 radical (unpaired) electrons. The first-order chi connectivity index (χ1) is 10.2. The quantitative estimate of drug-likeness (QED) is 0.865. The van der Waals surface area contributed by atoms with Crippen molar-refractivity contribution in [2.75, 3.05) is 13.6 Å². The molecular formula is C18H32N2O. The summed E-state index contributed by atoms with van der Waals surface area (Å²) in [6.07, 6.45) is 15.5. The number of nitrogens with one attached hydrogen (secondary N) is 1. The molecule has 3 aliphatic heterocycles. The minimum absolute atomic E-state index is 0.289. The number of piperidine rings is 1. The fourth-order valence-corrected chi connectivity index (χ4v) is 5.45. The second-order valence-electron chi connectivity index (χ2n) is 8.22. The summed E-state index contributed by atoms with van der Waals surface area (Å²) in [5, 5.41) is 3.76. The maximum atomic E-state index is 6.56. The molecule has 21 heavy (non-hydrogen) atoms. The van der Waals surface area contributed by atoms with Crippen molar-refractivity contribution in [2.24, 2.45) is 0 Å². The van der Waals surface area contributed by atoms with Crippen LogP contribution in [0.1, 0.15) is 70.6 Å². The van der Waals surface area contributed by atoms with Crippen LogP contribution in [0.25, 0.3) is 0 Å². The van der Waals surface area contributed by atoms with E-state index < -0.39 is 0 Å². The molecule has 0 aromatic heterocycles. The Labute approximate surface area is 129 Å². The summed E-state index contributed by atoms with van der Waals surface area (Å²) in [5.41, 5.74) is 0.289. The summed E-state index contributed by atoms with van der Waals surface area (Å²) in [6, 6.07) is 2.38. The van der Waals surface area contributed by atoms with Gasteiger partial charge >= 0.3 is 0 Å². The number of hydrogen-bond donors (Lipinski definition) is 1. The average molecular weight is 292 g/mol. The molecule has 3 heterocycles. The van der Waals surface area contributed by atoms with Gasteiger partial charge in [0.25, 0.3) is 0 Å². The van der Waals surface area contributed by atoms with Crippen molar-refractivity contribution in [3.8, 4) is 0 Å². The second kappa shape index (κ2) is 5.82. The molecule has 4 aliphatic rings. The van der Waals surface area contributed by atoms with Crippen LogP contribution in [0, 0.1) is 0 Å². The summed E-state index contributed by atoms with van der Waals surface area (Å²) >= 11 is 0. The van der Waals surface area contributed by atoms with E-state index in [0.29, 0.717) is 6.10 Å². The average Bonchev–Trinajstić information content (AvgIpc) is 3.03. The maximum Gasteiger partial charge on any atom is 0.0710 e. The van der Waals surface area contributed by atoms with Gasteiger partial charge in [-0.15, -0.1) is 0 Å². The smallest absolute Gasteiger partial charge is 0.0710 e. The van der Waals surface area contributed by atoms with Crippen LogP contribution in [0.3, 0.4) is 0 Å². The highest BCUT2D eigenvalue weighted by Gasteiger charge is 2.42. The van der Waals surface area contributed by atoms with E-state index in [4.69, 9.17) is 4.74 Å². The van der Waals surface area contributed by atoms with Crippen molar-refractivity contribution in [3.05, 3.63) is 0 Å². The molecule has 3 atom stereocenters. The van der Waals surface area contributed by atoms with Crippen LogP contribution in [0.5, 0.6) is 0 Å². The number of fused-ring (bicyclic) bond motifs is 2. The maximum absolute atomic E-state index is 6.56. The van der Waals surface area contributed by atoms with Gasteiger partial charge in [-0.1, -0.05) is 19.3 Å². The fourth-order valence-electron chi connectivity index (χ4n) is 5.45. The highest BCUT2D eigenvalue weighted by Crippen LogP contribution is 2.42. The standard InChI is InChI=1S/C18H32N2O/c1-20(16-11-14-5-6-15(12-16)19-14)13-17-7-10-18(21-17)8-3-2-4-9-18/h14-17,19H,2-13H2,1H3. The first-order valence-corrected chi connectivity index (χ1v) is 9.37. The van der Waals surface area contributed by atoms with Gasteiger partial charge in [-0.3, -0.25) is 0 Å². The van der Waals surface area contributed by atoms with Crippen molar-refractivity contribution in [1.82, 2.24) is 10.2 Å². The summed E-state index contributed by atoms with van der Waals surface area (Å²) in [6.45, 7) is 1.16. The Morgan fingerprint density at radius 3 is 2.43 bits per heavy atom. The van der Waals surface area contributed by atoms with Gasteiger partial charge in [0, 0.05) is 24.7 Å². The van der Waals surface area contributed by atoms with Gasteiger partial charge in [0.2, 0.25) is 0 Å². The Hall–Kier alpha value is -0.120. The van der Waals surface area contributed by atoms with Crippen molar-refractivity contribution in [3.63, 3.8) is 0 Å². The van der Waals surface area contributed by atoms with E-state index >= 15 is 0 Å². The molecule has 0 amide bonds. The van der Waals surface area contributed by atoms with E-state index in [-0.39, 0.29) is 5.60 Å². The van der Waals surface area contributed by atoms with E-state index in [1.165, 1.54) is 70.6 Å². The van der Waals surface area contributed by atoms with E-state index in [1.807, 2.05) is 0 Å². The molecule has 120 valence electrons. The molecule has 3 nitrogen and oxygen atoms in total. The lowest BCUT2D eigenvalue weighted by molar-refractivity contribution is -0.0738. The molecular weight excluding hydrogens is 260 g/mol. The van der Waals surface area contributed by atoms with Crippen LogP contribution in [-0.2, 0) is 4.74 Å². The molecule has 2 bridgehead atoms. The topological polar surface area (TPSA) is 24.5 Å². The SMILES string of the molecule is CN(CC1CCC2(CCCCC2)O1)C1CC2CCC(C1)N2. The number of likely N-dealkylation sites (N-methyl/N-ethyl adjacent to an activating group) is 1. The molecule has 3 heteroatoms. The van der Waals surface area contributed by atoms with Gasteiger partial charge in [-0.05, 0) is 58.4 Å². The van der Waals surface area contributed by atoms with Gasteiger partial charge < -0.3 is 15.0 Å². The molecule has 1 N–H and O–H groups in total. The molecule has 0 aromatic rings. The van der Waals surface area contributed by atoms with E-state index in [1.54, 1.807) is 0 Å². The van der Waals surface area contributed by atoms with Crippen molar-refractivity contribution < 1.29 is 4.74 Å². The third kappa shape index (κ3) is 3.02. The normalized spacial score (nSPS) is 42.0. The van der Waals surface area contributed by atoms with Gasteiger partial charge in [-0.25, -0.2) is 0 Å². The van der Waals surface area contributed by atoms with E-state index in [2.05, 4.69) is 17.3 Å². The zero-order valence-corrected chi connectivity index (χ0v) is 13.7. The lowest BCUT2D eigenvalue weighted by atomic mass is 9.83. The predicted octanol–water partition coefficient (Wildman–Crippen LogP) is 3.08. The number of ether oxygens (including phenoxy) is 1. The zero-order chi connectivity index (χ0) is 14.3. The molecule has 0 aromatic carbocycles. The third-order valence-corrected chi connectivity index (χ3v) is 6.67. The summed E-state index contributed by atoms with van der Waals surface area (Å²) in [5.74, 6) is 0. The Morgan fingerprint density at radius 2 is 1.71 bits per heavy atom. The zero-order valence-electron chi connectivity index (χ0n) is 13.7. The molecule has 3 saturated heterocycles. The lowest BCUT2D eigenvalue weighted by Crippen LogP contribution is -2.48. The fraction of sp³-hybridized carbons (Fsp3) is 1.00. The number of hydrogen-bond acceptors (Lipinski definition) is 3. The van der Waals surface area contributed by atoms with Crippen molar-refractivity contribution in [2.45, 2.75) is 100 Å². The van der Waals surface area contributed by atoms with Crippen LogP contribution in [0.4, 0.5) is 0 Å². The monoisotopic (exact) mass is 292 g/mol. The van der Waals surface area contributed by atoms with Crippen molar-refractivity contribution in [1.29, 1.82) is 0 Å². The molecule has 4 fully saturated rings. The highest BCUT2D eigenvalue weighted by atomic mass is 16.5. The predicted molar refractivity (Wildman–Crippen MR) is 85.5 cm³/mol. The molecule has 4 rings (SSSR count). The molecule has 1 aliphatic carbocycles. The van der Waals surface area contributed by atoms with Crippen LogP contribution in [-0.4, -0.2) is 48.3 Å². The minimum atomic E-state index is 0.289. The van der Waals surface area contributed by atoms with Gasteiger partial charge in [-0.2, -0.15) is 0 Å². The molecule has 1 saturated carbocycles. The van der Waals surface area contributed by atoms with Crippen molar-refractivity contribution >= 4 is 0 Å². The van der Waals surface area contributed by atoms with Gasteiger partial charge in [0.05, 0.1) is 11.7 Å². The third-order valence-electron chi connectivity index (χ3n) is 6.67. The summed E-state index contributed by atoms with van der Waals surface area (Å²) in [4.78, 5) is 2.62. The summed E-state index contributed by atoms with van der Waals surface area (Å²) in [7, 11) is 2.34. The van der Waals surface area contributed by atoms with E-state index in [0.717, 1.165) is 24.7 Å². The van der Waals surface area contributed by atoms with Crippen LogP contribution < -0.4 is 5.32 Å². The Morgan fingerprint density at radius 1 is 1.00 bits per heavy atom. The Balaban J connectivity index is 1.30. The van der Waals surface area contributed by atoms with Gasteiger partial charge in [0.15, 0.2) is 0 Å². The van der Waals surface area contributed by atoms with Crippen LogP contribution >= 0.6 is 0 Å². The first-order valence-electron chi connectivity index (χ1n) is 9.37. The Bertz CT molecular complexity index is 354. The molecule has 1 spiro atoms.